The fourth-order valence-corrected chi connectivity index (χ4v) is 8.92. The van der Waals surface area contributed by atoms with Crippen LogP contribution in [-0.2, 0) is 9.59 Å². The number of hydrogen-bond donors (Lipinski definition) is 1. The number of carboxylic acid groups (broad SMARTS) is 1. The standard InChI is InChI=1S/C29H46O3/c1-18(2)7-6-8-19(3)22-9-10-23-27-24(12-14-29(22,23)5)28(4)13-11-20(16-26(31)32)15-21(28)17-25(27)30/h17-20,22-24,27H,6-16H2,1-5H3,(H,31,32)/t19-,20?,22-,23?,24?,27?,28+,29-/m1/s1. The summed E-state index contributed by atoms with van der Waals surface area (Å²) in [6.45, 7) is 12.1. The van der Waals surface area contributed by atoms with Crippen molar-refractivity contribution < 1.29 is 14.7 Å². The molecule has 0 amide bonds. The predicted octanol–water partition coefficient (Wildman–Crippen LogP) is 7.30. The van der Waals surface area contributed by atoms with Crippen LogP contribution in [-0.4, -0.2) is 16.9 Å². The van der Waals surface area contributed by atoms with Gasteiger partial charge in [-0.2, -0.15) is 0 Å². The quantitative estimate of drug-likeness (QED) is 0.450. The molecule has 180 valence electrons. The molecule has 0 aromatic rings. The van der Waals surface area contributed by atoms with Crippen LogP contribution in [0.5, 0.6) is 0 Å². The predicted molar refractivity (Wildman–Crippen MR) is 129 cm³/mol. The molecule has 3 saturated carbocycles. The molecule has 3 nitrogen and oxygen atoms in total. The molecule has 0 radical (unpaired) electrons. The van der Waals surface area contributed by atoms with E-state index in [-0.39, 0.29) is 23.7 Å². The lowest BCUT2D eigenvalue weighted by molar-refractivity contribution is -0.138. The molecule has 0 aliphatic heterocycles. The van der Waals surface area contributed by atoms with Gasteiger partial charge >= 0.3 is 5.97 Å². The first-order valence-corrected chi connectivity index (χ1v) is 13.5. The zero-order chi connectivity index (χ0) is 23.3. The maximum atomic E-state index is 13.6. The van der Waals surface area contributed by atoms with Crippen molar-refractivity contribution in [1.82, 2.24) is 0 Å². The van der Waals surface area contributed by atoms with Crippen LogP contribution in [0.2, 0.25) is 0 Å². The summed E-state index contributed by atoms with van der Waals surface area (Å²) in [5, 5.41) is 9.26. The van der Waals surface area contributed by atoms with Crippen LogP contribution < -0.4 is 0 Å². The second kappa shape index (κ2) is 8.91. The number of hydrogen-bond acceptors (Lipinski definition) is 2. The maximum Gasteiger partial charge on any atom is 0.303 e. The lowest BCUT2D eigenvalue weighted by Gasteiger charge is -2.57. The number of fused-ring (bicyclic) bond motifs is 5. The third kappa shape index (κ3) is 4.11. The molecular formula is C29H46O3. The summed E-state index contributed by atoms with van der Waals surface area (Å²) >= 11 is 0. The first-order valence-electron chi connectivity index (χ1n) is 13.5. The van der Waals surface area contributed by atoms with Gasteiger partial charge in [0.25, 0.3) is 0 Å². The molecule has 0 aromatic heterocycles. The summed E-state index contributed by atoms with van der Waals surface area (Å²) in [6.07, 6.45) is 14.1. The Bertz CT molecular complexity index is 766. The highest BCUT2D eigenvalue weighted by atomic mass is 16.4. The van der Waals surface area contributed by atoms with E-state index >= 15 is 0 Å². The van der Waals surface area contributed by atoms with Crippen LogP contribution in [0.25, 0.3) is 0 Å². The minimum absolute atomic E-state index is 0.107. The van der Waals surface area contributed by atoms with Gasteiger partial charge in [-0.3, -0.25) is 9.59 Å². The number of rotatable bonds is 7. The second-order valence-electron chi connectivity index (χ2n) is 13.0. The van der Waals surface area contributed by atoms with Gasteiger partial charge in [-0.05, 0) is 97.4 Å². The van der Waals surface area contributed by atoms with Crippen LogP contribution in [0.3, 0.4) is 0 Å². The van der Waals surface area contributed by atoms with E-state index in [2.05, 4.69) is 34.6 Å². The van der Waals surface area contributed by atoms with Crippen molar-refractivity contribution in [3.63, 3.8) is 0 Å². The Balaban J connectivity index is 1.52. The molecule has 4 unspecified atom stereocenters. The van der Waals surface area contributed by atoms with Gasteiger partial charge in [0.05, 0.1) is 0 Å². The molecule has 4 aliphatic rings. The van der Waals surface area contributed by atoms with E-state index < -0.39 is 5.97 Å². The van der Waals surface area contributed by atoms with E-state index in [1.54, 1.807) is 0 Å². The van der Waals surface area contributed by atoms with E-state index in [0.717, 1.165) is 37.0 Å². The van der Waals surface area contributed by atoms with Gasteiger partial charge in [-0.15, -0.1) is 0 Å². The van der Waals surface area contributed by atoms with Crippen molar-refractivity contribution in [2.24, 2.45) is 52.3 Å². The first-order chi connectivity index (χ1) is 15.1. The van der Waals surface area contributed by atoms with Crippen LogP contribution in [0.4, 0.5) is 0 Å². The third-order valence-corrected chi connectivity index (χ3v) is 10.7. The van der Waals surface area contributed by atoms with Crippen LogP contribution >= 0.6 is 0 Å². The van der Waals surface area contributed by atoms with Gasteiger partial charge in [0, 0.05) is 12.3 Å². The summed E-state index contributed by atoms with van der Waals surface area (Å²) < 4.78 is 0. The Morgan fingerprint density at radius 2 is 1.81 bits per heavy atom. The van der Waals surface area contributed by atoms with E-state index in [1.807, 2.05) is 6.08 Å². The minimum Gasteiger partial charge on any atom is -0.481 e. The molecule has 0 heterocycles. The van der Waals surface area contributed by atoms with Crippen molar-refractivity contribution >= 4 is 11.8 Å². The molecule has 0 bridgehead atoms. The number of carbonyl (C=O) groups is 2. The Hall–Kier alpha value is -1.12. The Morgan fingerprint density at radius 1 is 1.06 bits per heavy atom. The number of ketones is 1. The molecule has 1 N–H and O–H groups in total. The molecule has 0 saturated heterocycles. The van der Waals surface area contributed by atoms with Crippen molar-refractivity contribution in [3.05, 3.63) is 11.6 Å². The molecule has 4 aliphatic carbocycles. The topological polar surface area (TPSA) is 54.4 Å². The maximum absolute atomic E-state index is 13.6. The molecule has 8 atom stereocenters. The zero-order valence-corrected chi connectivity index (χ0v) is 21.2. The molecule has 32 heavy (non-hydrogen) atoms. The van der Waals surface area contributed by atoms with Gasteiger partial charge < -0.3 is 5.11 Å². The summed E-state index contributed by atoms with van der Waals surface area (Å²) in [5.41, 5.74) is 1.70. The van der Waals surface area contributed by atoms with E-state index in [9.17, 15) is 14.7 Å². The lowest BCUT2D eigenvalue weighted by Crippen LogP contribution is -2.53. The van der Waals surface area contributed by atoms with Crippen molar-refractivity contribution in [1.29, 1.82) is 0 Å². The van der Waals surface area contributed by atoms with Crippen LogP contribution in [0.1, 0.15) is 105 Å². The van der Waals surface area contributed by atoms with Gasteiger partial charge in [-0.25, -0.2) is 0 Å². The summed E-state index contributed by atoms with van der Waals surface area (Å²) in [4.78, 5) is 24.8. The van der Waals surface area contributed by atoms with E-state index in [4.69, 9.17) is 0 Å². The molecule has 3 heteroatoms. The van der Waals surface area contributed by atoms with Crippen LogP contribution in [0.15, 0.2) is 11.6 Å². The molecular weight excluding hydrogens is 396 g/mol. The molecule has 4 rings (SSSR count). The first kappa shape index (κ1) is 24.0. The molecule has 0 aromatic carbocycles. The Labute approximate surface area is 195 Å². The fraction of sp³-hybridized carbons (Fsp3) is 0.862. The molecule has 0 spiro atoms. The third-order valence-electron chi connectivity index (χ3n) is 10.7. The average molecular weight is 443 g/mol. The van der Waals surface area contributed by atoms with E-state index in [0.29, 0.717) is 23.0 Å². The Morgan fingerprint density at radius 3 is 2.50 bits per heavy atom. The number of carboxylic acids is 1. The monoisotopic (exact) mass is 442 g/mol. The summed E-state index contributed by atoms with van der Waals surface area (Å²) in [6, 6.07) is 0. The van der Waals surface area contributed by atoms with Crippen molar-refractivity contribution in [2.45, 2.75) is 105 Å². The second-order valence-corrected chi connectivity index (χ2v) is 13.0. The Kier molecular flexibility index (Phi) is 6.69. The van der Waals surface area contributed by atoms with Gasteiger partial charge in [0.2, 0.25) is 0 Å². The fourth-order valence-electron chi connectivity index (χ4n) is 8.92. The summed E-state index contributed by atoms with van der Waals surface area (Å²) in [5.74, 6) is 3.39. The highest BCUT2D eigenvalue weighted by Crippen LogP contribution is 2.67. The van der Waals surface area contributed by atoms with Gasteiger partial charge in [-0.1, -0.05) is 59.5 Å². The smallest absolute Gasteiger partial charge is 0.303 e. The number of aliphatic carboxylic acids is 1. The van der Waals surface area contributed by atoms with E-state index in [1.165, 1.54) is 50.5 Å². The zero-order valence-electron chi connectivity index (χ0n) is 21.2. The highest BCUT2D eigenvalue weighted by molar-refractivity contribution is 5.94. The number of allylic oxidation sites excluding steroid dienone is 2. The van der Waals surface area contributed by atoms with Crippen molar-refractivity contribution in [3.8, 4) is 0 Å². The SMILES string of the molecule is CC(C)CCC[C@@H](C)[C@H]1CCC2C3C(=O)C=C4CC(CC(=O)O)CC[C@]4(C)C3CC[C@@]21C. The lowest BCUT2D eigenvalue weighted by atomic mass is 9.46. The normalized spacial score (nSPS) is 42.1. The van der Waals surface area contributed by atoms with Crippen molar-refractivity contribution in [2.75, 3.05) is 0 Å². The van der Waals surface area contributed by atoms with Gasteiger partial charge in [0.1, 0.15) is 0 Å². The largest absolute Gasteiger partial charge is 0.481 e. The van der Waals surface area contributed by atoms with Gasteiger partial charge in [0.15, 0.2) is 5.78 Å². The highest BCUT2D eigenvalue weighted by Gasteiger charge is 2.61. The summed E-state index contributed by atoms with van der Waals surface area (Å²) in [7, 11) is 0. The average Bonchev–Trinajstić information content (AvgIpc) is 3.05. The van der Waals surface area contributed by atoms with Crippen LogP contribution in [0, 0.1) is 52.3 Å². The number of carbonyl (C=O) groups excluding carboxylic acids is 1. The minimum atomic E-state index is -0.702. The molecule has 3 fully saturated rings.